The van der Waals surface area contributed by atoms with Crippen molar-refractivity contribution in [3.05, 3.63) is 64.7 Å². The van der Waals surface area contributed by atoms with Gasteiger partial charge in [-0.1, -0.05) is 55.7 Å². The zero-order valence-corrected chi connectivity index (χ0v) is 18.0. The van der Waals surface area contributed by atoms with Crippen molar-refractivity contribution >= 4 is 17.4 Å². The van der Waals surface area contributed by atoms with Gasteiger partial charge >= 0.3 is 0 Å². The van der Waals surface area contributed by atoms with Crippen LogP contribution in [-0.2, 0) is 17.6 Å². The number of aromatic nitrogens is 2. The molecule has 0 saturated heterocycles. The molecule has 6 nitrogen and oxygen atoms in total. The van der Waals surface area contributed by atoms with Gasteiger partial charge in [-0.2, -0.15) is 0 Å². The van der Waals surface area contributed by atoms with Gasteiger partial charge in [-0.25, -0.2) is 9.97 Å². The minimum absolute atomic E-state index is 0.0150. The number of hydrogen-bond donors (Lipinski definition) is 1. The topological polar surface area (TPSA) is 84.3 Å². The van der Waals surface area contributed by atoms with E-state index in [1.807, 2.05) is 42.5 Å². The van der Waals surface area contributed by atoms with Crippen LogP contribution in [0.1, 0.15) is 49.8 Å². The molecule has 1 amide bonds. The number of amides is 1. The quantitative estimate of drug-likeness (QED) is 0.491. The Balaban J connectivity index is 1.52. The molecule has 0 bridgehead atoms. The molecule has 2 aromatic carbocycles. The first-order valence-electron chi connectivity index (χ1n) is 11.4. The molecule has 0 radical (unpaired) electrons. The SMILES string of the molecule is O=Nc1ccc2c(c1)CCc1nc(NC(=O)CC3CCCCC3)c(-c3ccccc3)nc1-2. The molecule has 1 fully saturated rings. The lowest BCUT2D eigenvalue weighted by molar-refractivity contribution is -0.117. The summed E-state index contributed by atoms with van der Waals surface area (Å²) in [7, 11) is 0. The molecular formula is C26H26N4O2. The molecule has 32 heavy (non-hydrogen) atoms. The van der Waals surface area contributed by atoms with E-state index in [0.29, 0.717) is 36.0 Å². The molecule has 1 heterocycles. The van der Waals surface area contributed by atoms with Crippen molar-refractivity contribution in [3.63, 3.8) is 0 Å². The summed E-state index contributed by atoms with van der Waals surface area (Å²) in [6.07, 6.45) is 7.97. The summed E-state index contributed by atoms with van der Waals surface area (Å²) in [5.41, 5.74) is 5.72. The highest BCUT2D eigenvalue weighted by Crippen LogP contribution is 2.37. The van der Waals surface area contributed by atoms with Gasteiger partial charge in [0.05, 0.1) is 11.4 Å². The normalized spacial score (nSPS) is 15.5. The van der Waals surface area contributed by atoms with Gasteiger partial charge in [-0.3, -0.25) is 4.79 Å². The summed E-state index contributed by atoms with van der Waals surface area (Å²) in [5.74, 6) is 1.01. The van der Waals surface area contributed by atoms with Crippen LogP contribution in [0.3, 0.4) is 0 Å². The lowest BCUT2D eigenvalue weighted by Crippen LogP contribution is -2.20. The predicted molar refractivity (Wildman–Crippen MR) is 126 cm³/mol. The molecule has 162 valence electrons. The number of carbonyl (C=O) groups is 1. The molecule has 1 N–H and O–H groups in total. The minimum Gasteiger partial charge on any atom is -0.309 e. The standard InChI is InChI=1S/C26H26N4O2/c31-23(15-17-7-3-1-4-8-17)28-26-24(18-9-5-2-6-10-18)29-25-21-13-12-20(30-32)16-19(21)11-14-22(25)27-26/h2,5-6,9-10,12-13,16-17H,1,3-4,7-8,11,14-15H2,(H,27,28,31). The van der Waals surface area contributed by atoms with Gasteiger partial charge in [0.2, 0.25) is 5.91 Å². The summed E-state index contributed by atoms with van der Waals surface area (Å²) in [4.78, 5) is 33.7. The van der Waals surface area contributed by atoms with E-state index in [4.69, 9.17) is 9.97 Å². The highest BCUT2D eigenvalue weighted by molar-refractivity contribution is 5.94. The second-order valence-electron chi connectivity index (χ2n) is 8.77. The number of nitrogens with one attached hydrogen (secondary N) is 1. The Kier molecular flexibility index (Phi) is 5.75. The monoisotopic (exact) mass is 426 g/mol. The summed E-state index contributed by atoms with van der Waals surface area (Å²) >= 11 is 0. The molecule has 2 aliphatic carbocycles. The fourth-order valence-corrected chi connectivity index (χ4v) is 4.91. The van der Waals surface area contributed by atoms with Gasteiger partial charge in [-0.15, -0.1) is 4.91 Å². The minimum atomic E-state index is 0.0150. The zero-order valence-electron chi connectivity index (χ0n) is 18.0. The van der Waals surface area contributed by atoms with Crippen molar-refractivity contribution in [2.24, 2.45) is 11.1 Å². The number of nitrogens with zero attached hydrogens (tertiary/aromatic N) is 3. The molecule has 1 saturated carbocycles. The van der Waals surface area contributed by atoms with Crippen LogP contribution < -0.4 is 5.32 Å². The molecule has 0 atom stereocenters. The number of rotatable bonds is 5. The van der Waals surface area contributed by atoms with Crippen molar-refractivity contribution < 1.29 is 4.79 Å². The molecule has 3 aromatic rings. The molecule has 5 rings (SSSR count). The molecule has 0 spiro atoms. The van der Waals surface area contributed by atoms with Crippen LogP contribution in [-0.4, -0.2) is 15.9 Å². The van der Waals surface area contributed by atoms with Crippen LogP contribution in [0.2, 0.25) is 0 Å². The Labute approximate surface area is 187 Å². The summed E-state index contributed by atoms with van der Waals surface area (Å²) in [6.45, 7) is 0. The summed E-state index contributed by atoms with van der Waals surface area (Å²) in [5, 5.41) is 6.14. The van der Waals surface area contributed by atoms with Gasteiger partial charge in [0.25, 0.3) is 0 Å². The first kappa shape index (κ1) is 20.5. The first-order valence-corrected chi connectivity index (χ1v) is 11.4. The smallest absolute Gasteiger partial charge is 0.225 e. The van der Waals surface area contributed by atoms with Gasteiger partial charge < -0.3 is 5.32 Å². The third-order valence-electron chi connectivity index (χ3n) is 6.55. The summed E-state index contributed by atoms with van der Waals surface area (Å²) in [6, 6.07) is 15.3. The van der Waals surface area contributed by atoms with E-state index in [9.17, 15) is 9.70 Å². The van der Waals surface area contributed by atoms with Crippen molar-refractivity contribution in [1.82, 2.24) is 9.97 Å². The molecule has 0 unspecified atom stereocenters. The Morgan fingerprint density at radius 2 is 1.78 bits per heavy atom. The van der Waals surface area contributed by atoms with Crippen molar-refractivity contribution in [3.8, 4) is 22.5 Å². The van der Waals surface area contributed by atoms with Crippen molar-refractivity contribution in [2.75, 3.05) is 5.32 Å². The first-order chi connectivity index (χ1) is 15.7. The van der Waals surface area contributed by atoms with E-state index < -0.39 is 0 Å². The molecule has 0 aliphatic heterocycles. The van der Waals surface area contributed by atoms with Crippen LogP contribution in [0.25, 0.3) is 22.5 Å². The maximum atomic E-state index is 12.9. The van der Waals surface area contributed by atoms with Gasteiger partial charge in [-0.05, 0) is 54.5 Å². The fourth-order valence-electron chi connectivity index (χ4n) is 4.91. The van der Waals surface area contributed by atoms with Crippen LogP contribution in [0.15, 0.2) is 53.7 Å². The van der Waals surface area contributed by atoms with Crippen LogP contribution >= 0.6 is 0 Å². The Hall–Kier alpha value is -3.41. The third-order valence-corrected chi connectivity index (χ3v) is 6.55. The van der Waals surface area contributed by atoms with Crippen LogP contribution in [0.5, 0.6) is 0 Å². The number of aryl methyl sites for hydroxylation is 2. The highest BCUT2D eigenvalue weighted by Gasteiger charge is 2.24. The van der Waals surface area contributed by atoms with Gasteiger partial charge in [0, 0.05) is 17.5 Å². The number of benzene rings is 2. The van der Waals surface area contributed by atoms with Crippen molar-refractivity contribution in [2.45, 2.75) is 51.4 Å². The van der Waals surface area contributed by atoms with E-state index >= 15 is 0 Å². The van der Waals surface area contributed by atoms with Gasteiger partial charge in [0.15, 0.2) is 5.82 Å². The Morgan fingerprint density at radius 1 is 0.969 bits per heavy atom. The van der Waals surface area contributed by atoms with Crippen LogP contribution in [0, 0.1) is 10.8 Å². The lowest BCUT2D eigenvalue weighted by Gasteiger charge is -2.23. The molecule has 6 heteroatoms. The maximum Gasteiger partial charge on any atom is 0.225 e. The Morgan fingerprint density at radius 3 is 2.56 bits per heavy atom. The number of carbonyl (C=O) groups excluding carboxylic acids is 1. The highest BCUT2D eigenvalue weighted by atomic mass is 16.3. The molecular weight excluding hydrogens is 400 g/mol. The second-order valence-corrected chi connectivity index (χ2v) is 8.77. The number of nitroso groups, excluding NO2 is 1. The lowest BCUT2D eigenvalue weighted by atomic mass is 9.87. The van der Waals surface area contributed by atoms with E-state index in [-0.39, 0.29) is 5.91 Å². The number of fused-ring (bicyclic) bond motifs is 3. The third kappa shape index (κ3) is 4.17. The number of hydrogen-bond acceptors (Lipinski definition) is 5. The largest absolute Gasteiger partial charge is 0.309 e. The maximum absolute atomic E-state index is 12.9. The van der Waals surface area contributed by atoms with E-state index in [0.717, 1.165) is 47.3 Å². The Bertz CT molecular complexity index is 1150. The van der Waals surface area contributed by atoms with Crippen molar-refractivity contribution in [1.29, 1.82) is 0 Å². The average molecular weight is 427 g/mol. The van der Waals surface area contributed by atoms with Gasteiger partial charge in [0.1, 0.15) is 11.4 Å². The fraction of sp³-hybridized carbons (Fsp3) is 0.346. The molecule has 1 aromatic heterocycles. The average Bonchev–Trinajstić information content (AvgIpc) is 2.84. The van der Waals surface area contributed by atoms with E-state index in [2.05, 4.69) is 10.5 Å². The summed E-state index contributed by atoms with van der Waals surface area (Å²) < 4.78 is 0. The van der Waals surface area contributed by atoms with E-state index in [1.165, 1.54) is 19.3 Å². The molecule has 2 aliphatic rings. The zero-order chi connectivity index (χ0) is 21.9. The predicted octanol–water partition coefficient (Wildman–Crippen LogP) is 6.22. The van der Waals surface area contributed by atoms with Crippen LogP contribution in [0.4, 0.5) is 11.5 Å². The van der Waals surface area contributed by atoms with E-state index in [1.54, 1.807) is 6.07 Å². The second kappa shape index (κ2) is 8.99. The number of anilines is 1.